The van der Waals surface area contributed by atoms with E-state index in [1.165, 1.54) is 25.7 Å². The Balaban J connectivity index is 0.00000220. The van der Waals surface area contributed by atoms with Crippen molar-refractivity contribution in [3.63, 3.8) is 0 Å². The molecular formula is C15H27IN4O. The highest BCUT2D eigenvalue weighted by atomic mass is 127. The van der Waals surface area contributed by atoms with Gasteiger partial charge < -0.3 is 15.1 Å². The van der Waals surface area contributed by atoms with Gasteiger partial charge in [0.15, 0.2) is 11.9 Å². The van der Waals surface area contributed by atoms with Gasteiger partial charge in [0.05, 0.1) is 5.69 Å². The number of hydrogen-bond donors (Lipinski definition) is 1. The highest BCUT2D eigenvalue weighted by Gasteiger charge is 2.12. The lowest BCUT2D eigenvalue weighted by molar-refractivity contribution is 0.423. The molecule has 0 radical (unpaired) electrons. The van der Waals surface area contributed by atoms with Crippen LogP contribution < -0.4 is 5.73 Å². The molecule has 1 aromatic rings. The average Bonchev–Trinajstić information content (AvgIpc) is 2.66. The Morgan fingerprint density at radius 3 is 2.57 bits per heavy atom. The molecule has 2 rings (SSSR count). The minimum absolute atomic E-state index is 0. The highest BCUT2D eigenvalue weighted by molar-refractivity contribution is 14.0. The number of oxazole rings is 1. The predicted molar refractivity (Wildman–Crippen MR) is 96.0 cm³/mol. The molecular weight excluding hydrogens is 379 g/mol. The Labute approximate surface area is 144 Å². The summed E-state index contributed by atoms with van der Waals surface area (Å²) >= 11 is 0. The first-order valence-electron chi connectivity index (χ1n) is 7.70. The molecule has 0 unspecified atom stereocenters. The first-order chi connectivity index (χ1) is 9.70. The summed E-state index contributed by atoms with van der Waals surface area (Å²) in [4.78, 5) is 11.1. The minimum atomic E-state index is 0. The zero-order valence-corrected chi connectivity index (χ0v) is 15.4. The summed E-state index contributed by atoms with van der Waals surface area (Å²) in [5.74, 6) is 2.29. The number of likely N-dealkylation sites (tertiary alicyclic amines) is 1. The van der Waals surface area contributed by atoms with Gasteiger partial charge in [0.1, 0.15) is 12.3 Å². The Kier molecular flexibility index (Phi) is 8.06. The predicted octanol–water partition coefficient (Wildman–Crippen LogP) is 3.24. The maximum Gasteiger partial charge on any atom is 0.194 e. The van der Waals surface area contributed by atoms with Crippen molar-refractivity contribution < 1.29 is 4.42 Å². The van der Waals surface area contributed by atoms with Gasteiger partial charge in [-0.1, -0.05) is 19.8 Å². The number of halogens is 1. The van der Waals surface area contributed by atoms with E-state index in [2.05, 4.69) is 21.8 Å². The topological polar surface area (TPSA) is 67.7 Å². The fraction of sp³-hybridized carbons (Fsp3) is 0.733. The third-order valence-corrected chi connectivity index (χ3v) is 3.72. The van der Waals surface area contributed by atoms with Crippen molar-refractivity contribution in [1.29, 1.82) is 0 Å². The van der Waals surface area contributed by atoms with Crippen LogP contribution in [0, 0.1) is 6.92 Å². The second-order valence-electron chi connectivity index (χ2n) is 5.44. The van der Waals surface area contributed by atoms with Gasteiger partial charge in [-0.05, 0) is 26.2 Å². The van der Waals surface area contributed by atoms with Gasteiger partial charge in [-0.2, -0.15) is 0 Å². The van der Waals surface area contributed by atoms with Crippen molar-refractivity contribution in [2.24, 2.45) is 10.7 Å². The SMILES string of the molecule is CCCc1nc(C)c(CN=C(N)N2CCCCCC2)o1.I. The second kappa shape index (κ2) is 9.27. The molecule has 120 valence electrons. The number of aromatic nitrogens is 1. The van der Waals surface area contributed by atoms with Crippen LogP contribution in [0.3, 0.4) is 0 Å². The lowest BCUT2D eigenvalue weighted by atomic mass is 10.2. The van der Waals surface area contributed by atoms with Crippen LogP contribution in [0.5, 0.6) is 0 Å². The van der Waals surface area contributed by atoms with Crippen molar-refractivity contribution in [2.45, 2.75) is 58.9 Å². The van der Waals surface area contributed by atoms with E-state index in [0.29, 0.717) is 12.5 Å². The summed E-state index contributed by atoms with van der Waals surface area (Å²) in [5.41, 5.74) is 7.03. The van der Waals surface area contributed by atoms with E-state index in [-0.39, 0.29) is 24.0 Å². The second-order valence-corrected chi connectivity index (χ2v) is 5.44. The molecule has 21 heavy (non-hydrogen) atoms. The molecule has 0 aromatic carbocycles. The van der Waals surface area contributed by atoms with Crippen LogP contribution >= 0.6 is 24.0 Å². The summed E-state index contributed by atoms with van der Waals surface area (Å²) in [7, 11) is 0. The van der Waals surface area contributed by atoms with E-state index in [1.54, 1.807) is 0 Å². The fourth-order valence-corrected chi connectivity index (χ4v) is 2.51. The van der Waals surface area contributed by atoms with Crippen molar-refractivity contribution in [1.82, 2.24) is 9.88 Å². The largest absolute Gasteiger partial charge is 0.443 e. The van der Waals surface area contributed by atoms with Crippen LogP contribution in [0.2, 0.25) is 0 Å². The number of rotatable bonds is 4. The summed E-state index contributed by atoms with van der Waals surface area (Å²) in [6, 6.07) is 0. The molecule has 0 atom stereocenters. The molecule has 1 aliphatic rings. The molecule has 1 aromatic heterocycles. The Hall–Kier alpha value is -0.790. The lowest BCUT2D eigenvalue weighted by Gasteiger charge is -2.20. The van der Waals surface area contributed by atoms with E-state index in [4.69, 9.17) is 10.2 Å². The maximum absolute atomic E-state index is 6.10. The number of aliphatic imine (C=N–C) groups is 1. The van der Waals surface area contributed by atoms with E-state index in [1.807, 2.05) is 6.92 Å². The Morgan fingerprint density at radius 2 is 1.95 bits per heavy atom. The third-order valence-electron chi connectivity index (χ3n) is 3.72. The lowest BCUT2D eigenvalue weighted by Crippen LogP contribution is -2.38. The van der Waals surface area contributed by atoms with Crippen LogP contribution in [0.4, 0.5) is 0 Å². The molecule has 6 heteroatoms. The number of aryl methyl sites for hydroxylation is 2. The molecule has 0 saturated carbocycles. The van der Waals surface area contributed by atoms with Gasteiger partial charge in [0, 0.05) is 19.5 Å². The zero-order chi connectivity index (χ0) is 14.4. The standard InChI is InChI=1S/C15H26N4O.HI/c1-3-8-14-18-12(2)13(20-14)11-17-15(16)19-9-6-4-5-7-10-19;/h3-11H2,1-2H3,(H2,16,17);1H. The first-order valence-corrected chi connectivity index (χ1v) is 7.70. The van der Waals surface area contributed by atoms with Crippen LogP contribution in [0.1, 0.15) is 56.4 Å². The fourth-order valence-electron chi connectivity index (χ4n) is 2.51. The summed E-state index contributed by atoms with van der Waals surface area (Å²) in [6.07, 6.45) is 6.93. The number of nitrogens with two attached hydrogens (primary N) is 1. The minimum Gasteiger partial charge on any atom is -0.443 e. The summed E-state index contributed by atoms with van der Waals surface area (Å²) in [6.45, 7) is 6.62. The van der Waals surface area contributed by atoms with Crippen molar-refractivity contribution in [3.8, 4) is 0 Å². The smallest absolute Gasteiger partial charge is 0.194 e. The molecule has 0 spiro atoms. The van der Waals surface area contributed by atoms with E-state index < -0.39 is 0 Å². The molecule has 5 nitrogen and oxygen atoms in total. The van der Waals surface area contributed by atoms with Gasteiger partial charge >= 0.3 is 0 Å². The van der Waals surface area contributed by atoms with Crippen LogP contribution in [-0.4, -0.2) is 28.9 Å². The number of nitrogens with zero attached hydrogens (tertiary/aromatic N) is 3. The van der Waals surface area contributed by atoms with Gasteiger partial charge in [0.2, 0.25) is 0 Å². The molecule has 2 heterocycles. The van der Waals surface area contributed by atoms with Gasteiger partial charge in [-0.25, -0.2) is 9.98 Å². The van der Waals surface area contributed by atoms with E-state index in [0.717, 1.165) is 43.3 Å². The highest BCUT2D eigenvalue weighted by Crippen LogP contribution is 2.14. The average molecular weight is 406 g/mol. The molecule has 0 aliphatic carbocycles. The molecule has 1 aliphatic heterocycles. The summed E-state index contributed by atoms with van der Waals surface area (Å²) in [5, 5.41) is 0. The molecule has 1 fully saturated rings. The molecule has 2 N–H and O–H groups in total. The normalized spacial score (nSPS) is 16.5. The van der Waals surface area contributed by atoms with Crippen molar-refractivity contribution >= 4 is 29.9 Å². The quantitative estimate of drug-likeness (QED) is 0.474. The zero-order valence-electron chi connectivity index (χ0n) is 13.1. The number of hydrogen-bond acceptors (Lipinski definition) is 3. The van der Waals surface area contributed by atoms with Crippen molar-refractivity contribution in [2.75, 3.05) is 13.1 Å². The first kappa shape index (κ1) is 18.3. The van der Waals surface area contributed by atoms with E-state index >= 15 is 0 Å². The van der Waals surface area contributed by atoms with Gasteiger partial charge in [0.25, 0.3) is 0 Å². The Bertz CT molecular complexity index is 451. The van der Waals surface area contributed by atoms with Crippen LogP contribution in [0.25, 0.3) is 0 Å². The van der Waals surface area contributed by atoms with Gasteiger partial charge in [-0.15, -0.1) is 24.0 Å². The Morgan fingerprint density at radius 1 is 1.29 bits per heavy atom. The van der Waals surface area contributed by atoms with E-state index in [9.17, 15) is 0 Å². The van der Waals surface area contributed by atoms with Gasteiger partial charge in [-0.3, -0.25) is 0 Å². The molecule has 0 amide bonds. The van der Waals surface area contributed by atoms with Crippen molar-refractivity contribution in [3.05, 3.63) is 17.3 Å². The third kappa shape index (κ3) is 5.48. The van der Waals surface area contributed by atoms with Crippen LogP contribution in [-0.2, 0) is 13.0 Å². The maximum atomic E-state index is 6.10. The summed E-state index contributed by atoms with van der Waals surface area (Å²) < 4.78 is 5.72. The number of guanidine groups is 1. The molecule has 0 bridgehead atoms. The monoisotopic (exact) mass is 406 g/mol. The molecule has 1 saturated heterocycles. The van der Waals surface area contributed by atoms with Crippen LogP contribution in [0.15, 0.2) is 9.41 Å².